The van der Waals surface area contributed by atoms with E-state index in [-0.39, 0.29) is 0 Å². The molecule has 1 N–H and O–H groups in total. The predicted octanol–water partition coefficient (Wildman–Crippen LogP) is 2.35. The summed E-state index contributed by atoms with van der Waals surface area (Å²) in [6.45, 7) is 6.30. The minimum Gasteiger partial charge on any atom is -0.467 e. The number of anilines is 1. The summed E-state index contributed by atoms with van der Waals surface area (Å²) >= 11 is 6.22. The normalized spacial score (nSPS) is 19.1. The molecule has 1 aliphatic rings. The van der Waals surface area contributed by atoms with Crippen molar-refractivity contribution in [3.63, 3.8) is 0 Å². The van der Waals surface area contributed by atoms with E-state index in [0.717, 1.165) is 32.0 Å². The molecular formula is C14H23ClN4O. The van der Waals surface area contributed by atoms with Gasteiger partial charge in [0.2, 0.25) is 0 Å². The number of nitrogens with zero attached hydrogens (tertiary/aromatic N) is 3. The van der Waals surface area contributed by atoms with E-state index in [9.17, 15) is 0 Å². The first kappa shape index (κ1) is 15.3. The Morgan fingerprint density at radius 2 is 2.40 bits per heavy atom. The minimum atomic E-state index is 0.371. The van der Waals surface area contributed by atoms with Crippen molar-refractivity contribution in [2.24, 2.45) is 5.92 Å². The highest BCUT2D eigenvalue weighted by Gasteiger charge is 2.23. The molecule has 0 radical (unpaired) electrons. The van der Waals surface area contributed by atoms with Crippen molar-refractivity contribution in [3.05, 3.63) is 11.2 Å². The van der Waals surface area contributed by atoms with Crippen LogP contribution in [0.4, 0.5) is 5.82 Å². The maximum Gasteiger partial charge on any atom is 0.318 e. The highest BCUT2D eigenvalue weighted by Crippen LogP contribution is 2.28. The second-order valence-electron chi connectivity index (χ2n) is 5.19. The lowest BCUT2D eigenvalue weighted by atomic mass is 9.98. The smallest absolute Gasteiger partial charge is 0.318 e. The summed E-state index contributed by atoms with van der Waals surface area (Å²) in [5.74, 6) is 1.44. The Hall–Kier alpha value is -1.07. The molecule has 1 aromatic heterocycles. The van der Waals surface area contributed by atoms with E-state index in [2.05, 4.69) is 27.1 Å². The molecule has 1 unspecified atom stereocenters. The number of rotatable bonds is 6. The van der Waals surface area contributed by atoms with Gasteiger partial charge in [0.1, 0.15) is 5.02 Å². The van der Waals surface area contributed by atoms with Crippen LogP contribution in [0, 0.1) is 5.92 Å². The van der Waals surface area contributed by atoms with Gasteiger partial charge in [-0.05, 0) is 38.3 Å². The summed E-state index contributed by atoms with van der Waals surface area (Å²) in [5, 5.41) is 4.09. The molecule has 112 valence electrons. The molecule has 2 rings (SSSR count). The molecule has 0 aromatic carbocycles. The number of piperidine rings is 1. The molecular weight excluding hydrogens is 276 g/mol. The Kier molecular flexibility index (Phi) is 5.86. The molecule has 20 heavy (non-hydrogen) atoms. The van der Waals surface area contributed by atoms with Crippen LogP contribution in [-0.2, 0) is 0 Å². The van der Waals surface area contributed by atoms with Crippen molar-refractivity contribution >= 4 is 17.4 Å². The van der Waals surface area contributed by atoms with E-state index in [1.54, 1.807) is 13.3 Å². The van der Waals surface area contributed by atoms with Crippen LogP contribution in [0.2, 0.25) is 5.02 Å². The van der Waals surface area contributed by atoms with Crippen molar-refractivity contribution in [1.82, 2.24) is 15.3 Å². The van der Waals surface area contributed by atoms with Crippen molar-refractivity contribution in [2.45, 2.75) is 26.2 Å². The van der Waals surface area contributed by atoms with E-state index < -0.39 is 0 Å². The first-order valence-corrected chi connectivity index (χ1v) is 7.64. The third kappa shape index (κ3) is 3.96. The van der Waals surface area contributed by atoms with Crippen molar-refractivity contribution in [3.8, 4) is 6.01 Å². The molecule has 1 fully saturated rings. The second kappa shape index (κ2) is 7.64. The number of halogens is 1. The Morgan fingerprint density at radius 3 is 3.15 bits per heavy atom. The van der Waals surface area contributed by atoms with E-state index >= 15 is 0 Å². The lowest BCUT2D eigenvalue weighted by Crippen LogP contribution is -2.40. The molecule has 1 saturated heterocycles. The maximum absolute atomic E-state index is 6.22. The summed E-state index contributed by atoms with van der Waals surface area (Å²) in [6.07, 6.45) is 5.21. The molecule has 1 aromatic rings. The minimum absolute atomic E-state index is 0.371. The fourth-order valence-corrected chi connectivity index (χ4v) is 2.78. The van der Waals surface area contributed by atoms with E-state index in [1.165, 1.54) is 19.3 Å². The Morgan fingerprint density at radius 1 is 1.55 bits per heavy atom. The van der Waals surface area contributed by atoms with E-state index in [0.29, 0.717) is 17.0 Å². The molecule has 1 atom stereocenters. The third-order valence-electron chi connectivity index (χ3n) is 3.56. The van der Waals surface area contributed by atoms with Gasteiger partial charge < -0.3 is 15.0 Å². The van der Waals surface area contributed by atoms with Gasteiger partial charge in [-0.1, -0.05) is 18.5 Å². The molecule has 1 aliphatic heterocycles. The summed E-state index contributed by atoms with van der Waals surface area (Å²) < 4.78 is 5.09. The summed E-state index contributed by atoms with van der Waals surface area (Å²) in [6, 6.07) is 0.371. The van der Waals surface area contributed by atoms with Gasteiger partial charge in [-0.25, -0.2) is 4.98 Å². The van der Waals surface area contributed by atoms with Gasteiger partial charge in [-0.3, -0.25) is 0 Å². The number of hydrogen-bond acceptors (Lipinski definition) is 5. The highest BCUT2D eigenvalue weighted by molar-refractivity contribution is 6.32. The van der Waals surface area contributed by atoms with Gasteiger partial charge in [0.25, 0.3) is 0 Å². The SMILES string of the molecule is CCCNCC1CCCN(c2nc(OC)ncc2Cl)C1. The fraction of sp³-hybridized carbons (Fsp3) is 0.714. The topological polar surface area (TPSA) is 50.3 Å². The summed E-state index contributed by atoms with van der Waals surface area (Å²) in [5.41, 5.74) is 0. The van der Waals surface area contributed by atoms with Crippen molar-refractivity contribution < 1.29 is 4.74 Å². The average Bonchev–Trinajstić information content (AvgIpc) is 2.48. The van der Waals surface area contributed by atoms with Crippen LogP contribution in [0.3, 0.4) is 0 Å². The molecule has 0 saturated carbocycles. The van der Waals surface area contributed by atoms with Crippen LogP contribution in [-0.4, -0.2) is 43.3 Å². The van der Waals surface area contributed by atoms with Crippen molar-refractivity contribution in [2.75, 3.05) is 38.2 Å². The van der Waals surface area contributed by atoms with Gasteiger partial charge in [-0.15, -0.1) is 0 Å². The Labute approximate surface area is 125 Å². The van der Waals surface area contributed by atoms with Crippen LogP contribution in [0.25, 0.3) is 0 Å². The van der Waals surface area contributed by atoms with Gasteiger partial charge in [0, 0.05) is 13.1 Å². The van der Waals surface area contributed by atoms with Crippen LogP contribution < -0.4 is 15.0 Å². The van der Waals surface area contributed by atoms with Gasteiger partial charge >= 0.3 is 6.01 Å². The molecule has 5 nitrogen and oxygen atoms in total. The van der Waals surface area contributed by atoms with Crippen LogP contribution >= 0.6 is 11.6 Å². The van der Waals surface area contributed by atoms with Crippen LogP contribution in [0.5, 0.6) is 6.01 Å². The molecule has 6 heteroatoms. The number of ether oxygens (including phenoxy) is 1. The summed E-state index contributed by atoms with van der Waals surface area (Å²) in [7, 11) is 1.57. The van der Waals surface area contributed by atoms with Crippen LogP contribution in [0.1, 0.15) is 26.2 Å². The van der Waals surface area contributed by atoms with Crippen molar-refractivity contribution in [1.29, 1.82) is 0 Å². The molecule has 2 heterocycles. The number of methoxy groups -OCH3 is 1. The highest BCUT2D eigenvalue weighted by atomic mass is 35.5. The number of hydrogen-bond donors (Lipinski definition) is 1. The van der Waals surface area contributed by atoms with E-state index in [4.69, 9.17) is 16.3 Å². The lowest BCUT2D eigenvalue weighted by molar-refractivity contribution is 0.373. The van der Waals surface area contributed by atoms with Crippen LogP contribution in [0.15, 0.2) is 6.20 Å². The molecule has 0 bridgehead atoms. The zero-order chi connectivity index (χ0) is 14.4. The first-order valence-electron chi connectivity index (χ1n) is 7.26. The quantitative estimate of drug-likeness (QED) is 0.817. The molecule has 0 aliphatic carbocycles. The first-order chi connectivity index (χ1) is 9.74. The molecule has 0 spiro atoms. The largest absolute Gasteiger partial charge is 0.467 e. The standard InChI is InChI=1S/C14H23ClN4O/c1-3-6-16-8-11-5-4-7-19(10-11)13-12(15)9-17-14(18-13)20-2/h9,11,16H,3-8,10H2,1-2H3. The Bertz CT molecular complexity index is 430. The van der Waals surface area contributed by atoms with Gasteiger partial charge in [0.05, 0.1) is 13.3 Å². The maximum atomic E-state index is 6.22. The number of nitrogens with one attached hydrogen (secondary N) is 1. The van der Waals surface area contributed by atoms with Gasteiger partial charge in [0.15, 0.2) is 5.82 Å². The fourth-order valence-electron chi connectivity index (χ4n) is 2.57. The monoisotopic (exact) mass is 298 g/mol. The van der Waals surface area contributed by atoms with Gasteiger partial charge in [-0.2, -0.15) is 4.98 Å². The molecule has 0 amide bonds. The zero-order valence-electron chi connectivity index (χ0n) is 12.2. The lowest BCUT2D eigenvalue weighted by Gasteiger charge is -2.34. The summed E-state index contributed by atoms with van der Waals surface area (Å²) in [4.78, 5) is 10.7. The third-order valence-corrected chi connectivity index (χ3v) is 3.83. The Balaban J connectivity index is 2.01. The predicted molar refractivity (Wildman–Crippen MR) is 81.7 cm³/mol. The number of aromatic nitrogens is 2. The van der Waals surface area contributed by atoms with E-state index in [1.807, 2.05) is 0 Å². The second-order valence-corrected chi connectivity index (χ2v) is 5.59. The average molecular weight is 299 g/mol. The zero-order valence-corrected chi connectivity index (χ0v) is 13.0.